The van der Waals surface area contributed by atoms with E-state index in [-0.39, 0.29) is 7.69 Å². The zero-order valence-corrected chi connectivity index (χ0v) is 7.45. The van der Waals surface area contributed by atoms with E-state index in [2.05, 4.69) is 5.43 Å². The van der Waals surface area contributed by atoms with Crippen LogP contribution < -0.4 is 15.1 Å². The van der Waals surface area contributed by atoms with Gasteiger partial charge in [-0.25, -0.2) is 5.43 Å². The second-order valence-electron chi connectivity index (χ2n) is 2.96. The monoisotopic (exact) mass is 178 g/mol. The summed E-state index contributed by atoms with van der Waals surface area (Å²) in [6.45, 7) is 0.814. The average molecular weight is 178 g/mol. The van der Waals surface area contributed by atoms with Crippen LogP contribution >= 0.6 is 0 Å². The van der Waals surface area contributed by atoms with Gasteiger partial charge >= 0.3 is 7.69 Å². The molecule has 0 amide bonds. The second kappa shape index (κ2) is 3.28. The number of hydrogen-bond acceptors (Lipinski definition) is 4. The van der Waals surface area contributed by atoms with E-state index in [0.29, 0.717) is 5.75 Å². The van der Waals surface area contributed by atoms with E-state index >= 15 is 0 Å². The van der Waals surface area contributed by atoms with Crippen LogP contribution in [0.25, 0.3) is 0 Å². The third kappa shape index (κ3) is 1.48. The van der Waals surface area contributed by atoms with E-state index in [1.54, 1.807) is 0 Å². The summed E-state index contributed by atoms with van der Waals surface area (Å²) >= 11 is 0. The zero-order chi connectivity index (χ0) is 9.26. The highest BCUT2D eigenvalue weighted by atomic mass is 16.5. The van der Waals surface area contributed by atoms with Crippen molar-refractivity contribution in [2.75, 3.05) is 12.1 Å². The predicted molar refractivity (Wildman–Crippen MR) is 51.7 cm³/mol. The van der Waals surface area contributed by atoms with Gasteiger partial charge in [-0.1, -0.05) is 0 Å². The minimum absolute atomic E-state index is 0.276. The van der Waals surface area contributed by atoms with Gasteiger partial charge < -0.3 is 14.7 Å². The van der Waals surface area contributed by atoms with Crippen molar-refractivity contribution < 1.29 is 9.68 Å². The molecule has 1 aliphatic rings. The third-order valence-electron chi connectivity index (χ3n) is 2.15. The second-order valence-corrected chi connectivity index (χ2v) is 2.96. The van der Waals surface area contributed by atoms with Gasteiger partial charge in [-0.15, -0.1) is 0 Å². The Kier molecular flexibility index (Phi) is 2.12. The molecule has 0 unspecified atom stereocenters. The van der Waals surface area contributed by atoms with Crippen LogP contribution in [0.15, 0.2) is 18.2 Å². The summed E-state index contributed by atoms with van der Waals surface area (Å²) in [6.07, 6.45) is 0. The van der Waals surface area contributed by atoms with Gasteiger partial charge in [-0.3, -0.25) is 0 Å². The first-order valence-electron chi connectivity index (χ1n) is 4.15. The molecule has 1 heterocycles. The van der Waals surface area contributed by atoms with Gasteiger partial charge in [0.05, 0.1) is 5.69 Å². The number of rotatable bonds is 2. The fraction of sp³-hybridized carbons (Fsp3) is 0.250. The molecule has 0 fully saturated rings. The molecule has 0 saturated heterocycles. The normalized spacial score (nSPS) is 14.2. The number of anilines is 1. The number of nitrogens with zero attached hydrogens (tertiary/aromatic N) is 1. The Morgan fingerprint density at radius 3 is 3.23 bits per heavy atom. The first kappa shape index (κ1) is 8.41. The van der Waals surface area contributed by atoms with Gasteiger partial charge in [0.15, 0.2) is 0 Å². The summed E-state index contributed by atoms with van der Waals surface area (Å²) in [5.41, 5.74) is 5.52. The molecule has 0 saturated carbocycles. The van der Waals surface area contributed by atoms with Crippen LogP contribution in [-0.2, 0) is 6.54 Å². The Bertz CT molecular complexity index is 319. The third-order valence-corrected chi connectivity index (χ3v) is 2.15. The lowest BCUT2D eigenvalue weighted by molar-refractivity contribution is 0.453. The van der Waals surface area contributed by atoms with Crippen LogP contribution in [0.5, 0.6) is 5.75 Å². The van der Waals surface area contributed by atoms with Gasteiger partial charge in [0.2, 0.25) is 0 Å². The highest BCUT2D eigenvalue weighted by molar-refractivity contribution is 6.17. The van der Waals surface area contributed by atoms with E-state index < -0.39 is 0 Å². The Morgan fingerprint density at radius 1 is 1.62 bits per heavy atom. The van der Waals surface area contributed by atoms with E-state index in [1.807, 2.05) is 30.3 Å². The van der Waals surface area contributed by atoms with Gasteiger partial charge in [-0.05, 0) is 23.8 Å². The first-order valence-corrected chi connectivity index (χ1v) is 4.15. The molecule has 0 bridgehead atoms. The van der Waals surface area contributed by atoms with Crippen LogP contribution in [0.2, 0.25) is 0 Å². The molecule has 68 valence electrons. The molecule has 5 heteroatoms. The molecular weight excluding hydrogens is 167 g/mol. The van der Waals surface area contributed by atoms with Gasteiger partial charge in [0.1, 0.15) is 5.75 Å². The van der Waals surface area contributed by atoms with Crippen molar-refractivity contribution in [2.45, 2.75) is 6.54 Å². The molecule has 1 aromatic rings. The van der Waals surface area contributed by atoms with E-state index in [4.69, 9.17) is 9.68 Å². The molecule has 4 nitrogen and oxygen atoms in total. The SMILES string of the molecule is CN1NCc2cc(OBO)ccc21. The van der Waals surface area contributed by atoms with Crippen LogP contribution in [0.4, 0.5) is 5.69 Å². The summed E-state index contributed by atoms with van der Waals surface area (Å²) in [5.74, 6) is 0.707. The number of hydrogen-bond donors (Lipinski definition) is 2. The summed E-state index contributed by atoms with van der Waals surface area (Å²) in [6, 6.07) is 5.75. The highest BCUT2D eigenvalue weighted by Crippen LogP contribution is 2.27. The zero-order valence-electron chi connectivity index (χ0n) is 7.45. The Morgan fingerprint density at radius 2 is 2.46 bits per heavy atom. The highest BCUT2D eigenvalue weighted by Gasteiger charge is 2.14. The minimum Gasteiger partial charge on any atom is -0.539 e. The fourth-order valence-corrected chi connectivity index (χ4v) is 1.48. The minimum atomic E-state index is -0.276. The van der Waals surface area contributed by atoms with Crippen molar-refractivity contribution in [1.82, 2.24) is 5.43 Å². The van der Waals surface area contributed by atoms with E-state index in [9.17, 15) is 0 Å². The van der Waals surface area contributed by atoms with Crippen molar-refractivity contribution >= 4 is 13.4 Å². The lowest BCUT2D eigenvalue weighted by Crippen LogP contribution is -2.26. The quantitative estimate of drug-likeness (QED) is 0.614. The van der Waals surface area contributed by atoms with Crippen LogP contribution in [0.1, 0.15) is 5.56 Å². The predicted octanol–water partition coefficient (Wildman–Crippen LogP) is -0.221. The fourth-order valence-electron chi connectivity index (χ4n) is 1.48. The average Bonchev–Trinajstić information content (AvgIpc) is 2.48. The molecule has 0 spiro atoms. The van der Waals surface area contributed by atoms with Gasteiger partial charge in [-0.2, -0.15) is 0 Å². The maximum absolute atomic E-state index is 8.57. The van der Waals surface area contributed by atoms with Crippen LogP contribution in [0.3, 0.4) is 0 Å². The van der Waals surface area contributed by atoms with E-state index in [1.165, 1.54) is 5.56 Å². The number of fused-ring (bicyclic) bond motifs is 1. The molecule has 1 aliphatic heterocycles. The topological polar surface area (TPSA) is 44.7 Å². The van der Waals surface area contributed by atoms with Crippen molar-refractivity contribution in [3.8, 4) is 5.75 Å². The Labute approximate surface area is 77.4 Å². The summed E-state index contributed by atoms with van der Waals surface area (Å²) in [7, 11) is 1.69. The summed E-state index contributed by atoms with van der Waals surface area (Å²) in [4.78, 5) is 0. The van der Waals surface area contributed by atoms with Crippen LogP contribution in [0, 0.1) is 0 Å². The molecule has 0 aliphatic carbocycles. The summed E-state index contributed by atoms with van der Waals surface area (Å²) < 4.78 is 4.98. The van der Waals surface area contributed by atoms with Gasteiger partial charge in [0.25, 0.3) is 0 Å². The van der Waals surface area contributed by atoms with Gasteiger partial charge in [0, 0.05) is 13.6 Å². The number of nitrogens with one attached hydrogen (secondary N) is 1. The maximum Gasteiger partial charge on any atom is 0.504 e. The maximum atomic E-state index is 8.57. The Balaban J connectivity index is 2.29. The number of hydrazine groups is 1. The Hall–Kier alpha value is -1.20. The van der Waals surface area contributed by atoms with Crippen molar-refractivity contribution in [3.63, 3.8) is 0 Å². The lowest BCUT2D eigenvalue weighted by Gasteiger charge is -2.11. The standard InChI is InChI=1S/C8H11BN2O2/c1-11-8-3-2-7(13-9-12)4-6(8)5-10-11/h2-4,9-10,12H,5H2,1H3. The first-order chi connectivity index (χ1) is 6.31. The molecule has 0 aromatic heterocycles. The lowest BCUT2D eigenvalue weighted by atomic mass is 10.2. The molecule has 13 heavy (non-hydrogen) atoms. The van der Waals surface area contributed by atoms with E-state index in [0.717, 1.165) is 12.2 Å². The molecule has 2 rings (SSSR count). The van der Waals surface area contributed by atoms with Crippen LogP contribution in [-0.4, -0.2) is 19.8 Å². The van der Waals surface area contributed by atoms with Crippen molar-refractivity contribution in [2.24, 2.45) is 0 Å². The molecule has 0 radical (unpaired) electrons. The van der Waals surface area contributed by atoms with Crippen molar-refractivity contribution in [3.05, 3.63) is 23.8 Å². The molecule has 0 atom stereocenters. The van der Waals surface area contributed by atoms with Crippen molar-refractivity contribution in [1.29, 1.82) is 0 Å². The number of benzene rings is 1. The molecular formula is C8H11BN2O2. The largest absolute Gasteiger partial charge is 0.539 e. The smallest absolute Gasteiger partial charge is 0.504 e. The molecule has 1 aromatic carbocycles. The summed E-state index contributed by atoms with van der Waals surface area (Å²) in [5, 5.41) is 10.5. The molecule has 2 N–H and O–H groups in total.